The maximum atomic E-state index is 10.4. The van der Waals surface area contributed by atoms with Gasteiger partial charge in [-0.3, -0.25) is 4.79 Å². The molecule has 1 aromatic carbocycles. The smallest absolute Gasteiger partial charge is 0.307 e. The van der Waals surface area contributed by atoms with Crippen LogP contribution in [0.15, 0.2) is 48.8 Å². The molecule has 2 aromatic rings. The van der Waals surface area contributed by atoms with Gasteiger partial charge in [-0.1, -0.05) is 24.3 Å². The van der Waals surface area contributed by atoms with Crippen LogP contribution in [-0.2, 0) is 4.79 Å². The summed E-state index contributed by atoms with van der Waals surface area (Å²) in [6.45, 7) is 0. The maximum absolute atomic E-state index is 10.4. The van der Waals surface area contributed by atoms with E-state index in [2.05, 4.69) is 15.3 Å². The second-order valence-corrected chi connectivity index (χ2v) is 3.82. The second kappa shape index (κ2) is 6.30. The van der Waals surface area contributed by atoms with Crippen molar-refractivity contribution in [3.05, 3.63) is 54.4 Å². The molecule has 1 heterocycles. The first-order valence-corrected chi connectivity index (χ1v) is 5.76. The molecule has 0 saturated heterocycles. The summed E-state index contributed by atoms with van der Waals surface area (Å²) in [6, 6.07) is 9.31. The molecule has 5 nitrogen and oxygen atoms in total. The number of rotatable bonds is 5. The summed E-state index contributed by atoms with van der Waals surface area (Å²) in [7, 11) is 0. The van der Waals surface area contributed by atoms with Crippen LogP contribution in [0.2, 0.25) is 0 Å². The largest absolute Gasteiger partial charge is 0.481 e. The molecular weight excluding hydrogens is 242 g/mol. The molecule has 0 fully saturated rings. The Bertz CT molecular complexity index is 565. The summed E-state index contributed by atoms with van der Waals surface area (Å²) in [4.78, 5) is 18.5. The van der Waals surface area contributed by atoms with E-state index in [0.29, 0.717) is 5.95 Å². The van der Waals surface area contributed by atoms with Gasteiger partial charge in [0.25, 0.3) is 0 Å². The number of aromatic nitrogens is 2. The number of hydrogen-bond donors (Lipinski definition) is 2. The summed E-state index contributed by atoms with van der Waals surface area (Å²) in [5.74, 6) is -0.299. The molecule has 1 aromatic heterocycles. The van der Waals surface area contributed by atoms with Crippen molar-refractivity contribution in [2.75, 3.05) is 5.32 Å². The molecule has 19 heavy (non-hydrogen) atoms. The zero-order valence-corrected chi connectivity index (χ0v) is 10.2. The lowest BCUT2D eigenvalue weighted by Gasteiger charge is -2.03. The fourth-order valence-corrected chi connectivity index (χ4v) is 1.47. The van der Waals surface area contributed by atoms with E-state index in [1.165, 1.54) is 0 Å². The van der Waals surface area contributed by atoms with Crippen molar-refractivity contribution in [2.24, 2.45) is 0 Å². The number of carboxylic acid groups (broad SMARTS) is 1. The lowest BCUT2D eigenvalue weighted by Crippen LogP contribution is -1.95. The third kappa shape index (κ3) is 4.23. The summed E-state index contributed by atoms with van der Waals surface area (Å²) in [6.07, 6.45) is 6.75. The molecular formula is C14H13N3O2. The van der Waals surface area contributed by atoms with E-state index < -0.39 is 5.97 Å². The molecule has 0 saturated carbocycles. The lowest BCUT2D eigenvalue weighted by atomic mass is 10.2. The van der Waals surface area contributed by atoms with Crippen molar-refractivity contribution < 1.29 is 9.90 Å². The molecule has 0 atom stereocenters. The third-order valence-electron chi connectivity index (χ3n) is 2.34. The normalized spacial score (nSPS) is 10.5. The van der Waals surface area contributed by atoms with Crippen LogP contribution in [0.4, 0.5) is 11.6 Å². The minimum Gasteiger partial charge on any atom is -0.481 e. The number of benzene rings is 1. The zero-order chi connectivity index (χ0) is 13.5. The van der Waals surface area contributed by atoms with Crippen LogP contribution in [0.25, 0.3) is 6.08 Å². The van der Waals surface area contributed by atoms with Crippen molar-refractivity contribution in [2.45, 2.75) is 6.42 Å². The van der Waals surface area contributed by atoms with E-state index in [9.17, 15) is 4.79 Å². The van der Waals surface area contributed by atoms with Crippen molar-refractivity contribution in [3.8, 4) is 0 Å². The maximum Gasteiger partial charge on any atom is 0.307 e. The molecule has 0 aliphatic carbocycles. The average molecular weight is 255 g/mol. The average Bonchev–Trinajstić information content (AvgIpc) is 2.42. The van der Waals surface area contributed by atoms with Crippen LogP contribution in [0.3, 0.4) is 0 Å². The first kappa shape index (κ1) is 12.8. The molecule has 0 bridgehead atoms. The van der Waals surface area contributed by atoms with Crippen molar-refractivity contribution >= 4 is 23.7 Å². The van der Waals surface area contributed by atoms with Crippen molar-refractivity contribution in [1.29, 1.82) is 0 Å². The van der Waals surface area contributed by atoms with Gasteiger partial charge in [0.1, 0.15) is 0 Å². The highest BCUT2D eigenvalue weighted by molar-refractivity contribution is 5.70. The Labute approximate surface area is 110 Å². The highest BCUT2D eigenvalue weighted by Gasteiger charge is 1.96. The molecule has 0 aliphatic heterocycles. The molecule has 96 valence electrons. The number of carboxylic acids is 1. The number of carbonyl (C=O) groups is 1. The van der Waals surface area contributed by atoms with Gasteiger partial charge in [0, 0.05) is 18.1 Å². The zero-order valence-electron chi connectivity index (χ0n) is 10.2. The lowest BCUT2D eigenvalue weighted by molar-refractivity contribution is -0.135. The van der Waals surface area contributed by atoms with Crippen molar-refractivity contribution in [1.82, 2.24) is 9.97 Å². The molecule has 0 aliphatic rings. The van der Waals surface area contributed by atoms with Crippen molar-refractivity contribution in [3.63, 3.8) is 0 Å². The fraction of sp³-hybridized carbons (Fsp3) is 0.0714. The van der Waals surface area contributed by atoms with E-state index in [1.807, 2.05) is 24.3 Å². The highest BCUT2D eigenvalue weighted by atomic mass is 16.4. The monoisotopic (exact) mass is 255 g/mol. The molecule has 0 unspecified atom stereocenters. The first-order valence-electron chi connectivity index (χ1n) is 5.76. The number of nitrogens with one attached hydrogen (secondary N) is 1. The van der Waals surface area contributed by atoms with Crippen LogP contribution >= 0.6 is 0 Å². The van der Waals surface area contributed by atoms with Gasteiger partial charge in [-0.2, -0.15) is 0 Å². The molecule has 2 rings (SSSR count). The van der Waals surface area contributed by atoms with Crippen LogP contribution in [0.5, 0.6) is 0 Å². The van der Waals surface area contributed by atoms with E-state index in [1.54, 1.807) is 30.6 Å². The molecule has 0 radical (unpaired) electrons. The van der Waals surface area contributed by atoms with Crippen LogP contribution in [0, 0.1) is 0 Å². The SMILES string of the molecule is O=C(O)CC=Cc1ccc(Nc2ncccn2)cc1. The van der Waals surface area contributed by atoms with E-state index >= 15 is 0 Å². The van der Waals surface area contributed by atoms with Crippen LogP contribution in [0.1, 0.15) is 12.0 Å². The molecule has 0 spiro atoms. The Morgan fingerprint density at radius 3 is 2.53 bits per heavy atom. The second-order valence-electron chi connectivity index (χ2n) is 3.82. The Morgan fingerprint density at radius 1 is 1.21 bits per heavy atom. The standard InChI is InChI=1S/C14H13N3O2/c18-13(19)4-1-3-11-5-7-12(8-6-11)17-14-15-9-2-10-16-14/h1-3,5-10H,4H2,(H,18,19)(H,15,16,17). The van der Waals surface area contributed by atoms with Gasteiger partial charge >= 0.3 is 5.97 Å². The predicted octanol–water partition coefficient (Wildman–Crippen LogP) is 2.71. The van der Waals surface area contributed by atoms with Gasteiger partial charge in [-0.15, -0.1) is 0 Å². The number of anilines is 2. The van der Waals surface area contributed by atoms with Crippen LogP contribution < -0.4 is 5.32 Å². The van der Waals surface area contributed by atoms with Gasteiger partial charge in [-0.05, 0) is 23.8 Å². The summed E-state index contributed by atoms with van der Waals surface area (Å²) < 4.78 is 0. The molecule has 0 amide bonds. The summed E-state index contributed by atoms with van der Waals surface area (Å²) in [5, 5.41) is 11.6. The van der Waals surface area contributed by atoms with E-state index in [0.717, 1.165) is 11.3 Å². The summed E-state index contributed by atoms with van der Waals surface area (Å²) >= 11 is 0. The topological polar surface area (TPSA) is 75.1 Å². The predicted molar refractivity (Wildman–Crippen MR) is 73.0 cm³/mol. The molecule has 2 N–H and O–H groups in total. The highest BCUT2D eigenvalue weighted by Crippen LogP contribution is 2.14. The van der Waals surface area contributed by atoms with Gasteiger partial charge in [0.15, 0.2) is 0 Å². The van der Waals surface area contributed by atoms with Gasteiger partial charge in [0.05, 0.1) is 6.42 Å². The Kier molecular flexibility index (Phi) is 4.23. The summed E-state index contributed by atoms with van der Waals surface area (Å²) in [5.41, 5.74) is 1.82. The Morgan fingerprint density at radius 2 is 1.89 bits per heavy atom. The Hall–Kier alpha value is -2.69. The first-order chi connectivity index (χ1) is 9.24. The Balaban J connectivity index is 1.98. The van der Waals surface area contributed by atoms with E-state index in [4.69, 9.17) is 5.11 Å². The van der Waals surface area contributed by atoms with Gasteiger partial charge in [-0.25, -0.2) is 9.97 Å². The minimum atomic E-state index is -0.837. The van der Waals surface area contributed by atoms with Crippen LogP contribution in [-0.4, -0.2) is 21.0 Å². The number of hydrogen-bond acceptors (Lipinski definition) is 4. The third-order valence-corrected chi connectivity index (χ3v) is 2.34. The fourth-order valence-electron chi connectivity index (χ4n) is 1.47. The van der Waals surface area contributed by atoms with Gasteiger partial charge < -0.3 is 10.4 Å². The number of nitrogens with zero attached hydrogens (tertiary/aromatic N) is 2. The van der Waals surface area contributed by atoms with Gasteiger partial charge in [0.2, 0.25) is 5.95 Å². The quantitative estimate of drug-likeness (QED) is 0.859. The van der Waals surface area contributed by atoms with E-state index in [-0.39, 0.29) is 6.42 Å². The number of aliphatic carboxylic acids is 1. The minimum absolute atomic E-state index is 0.0257. The molecule has 5 heteroatoms.